The van der Waals surface area contributed by atoms with Crippen LogP contribution in [-0.2, 0) is 16.0 Å². The summed E-state index contributed by atoms with van der Waals surface area (Å²) < 4.78 is 5.62. The van der Waals surface area contributed by atoms with E-state index in [1.807, 2.05) is 0 Å². The second kappa shape index (κ2) is 7.55. The number of carbonyl (C=O) groups is 1. The first kappa shape index (κ1) is 14.4. The Labute approximate surface area is 117 Å². The monoisotopic (exact) mass is 283 g/mol. The maximum atomic E-state index is 11.7. The molecule has 1 aliphatic rings. The molecule has 2 rings (SSSR count). The van der Waals surface area contributed by atoms with Crippen LogP contribution in [0.2, 0.25) is 0 Å². The van der Waals surface area contributed by atoms with Gasteiger partial charge in [0.1, 0.15) is 11.6 Å². The number of rotatable bonds is 6. The van der Waals surface area contributed by atoms with Gasteiger partial charge in [-0.1, -0.05) is 37.5 Å². The van der Waals surface area contributed by atoms with Crippen LogP contribution in [0.25, 0.3) is 0 Å². The zero-order valence-electron chi connectivity index (χ0n) is 11.4. The molecule has 0 unspecified atom stereocenters. The SMILES string of the molecule is CCCc1nnc(NC(=O)COC2CCCCC2)s1. The van der Waals surface area contributed by atoms with Crippen molar-refractivity contribution in [3.05, 3.63) is 5.01 Å². The fourth-order valence-electron chi connectivity index (χ4n) is 2.20. The highest BCUT2D eigenvalue weighted by atomic mass is 32.1. The molecule has 1 N–H and O–H groups in total. The van der Waals surface area contributed by atoms with E-state index >= 15 is 0 Å². The Balaban J connectivity index is 1.70. The number of nitrogens with zero attached hydrogens (tertiary/aromatic N) is 2. The molecule has 0 aromatic carbocycles. The normalized spacial score (nSPS) is 16.5. The van der Waals surface area contributed by atoms with E-state index in [4.69, 9.17) is 4.74 Å². The lowest BCUT2D eigenvalue weighted by Gasteiger charge is -2.21. The van der Waals surface area contributed by atoms with E-state index in [0.717, 1.165) is 30.7 Å². The van der Waals surface area contributed by atoms with Crippen molar-refractivity contribution < 1.29 is 9.53 Å². The van der Waals surface area contributed by atoms with Gasteiger partial charge < -0.3 is 4.74 Å². The van der Waals surface area contributed by atoms with E-state index in [-0.39, 0.29) is 18.6 Å². The van der Waals surface area contributed by atoms with E-state index in [9.17, 15) is 4.79 Å². The van der Waals surface area contributed by atoms with Crippen LogP contribution in [0.1, 0.15) is 50.5 Å². The van der Waals surface area contributed by atoms with Crippen LogP contribution in [0, 0.1) is 0 Å². The van der Waals surface area contributed by atoms with E-state index in [2.05, 4.69) is 22.4 Å². The molecule has 1 aromatic rings. The maximum Gasteiger partial charge on any atom is 0.252 e. The fraction of sp³-hybridized carbons (Fsp3) is 0.769. The Morgan fingerprint density at radius 3 is 2.89 bits per heavy atom. The molecule has 0 spiro atoms. The zero-order chi connectivity index (χ0) is 13.5. The Morgan fingerprint density at radius 1 is 1.37 bits per heavy atom. The van der Waals surface area contributed by atoms with Gasteiger partial charge in [-0.25, -0.2) is 0 Å². The first-order valence-electron chi connectivity index (χ1n) is 7.01. The van der Waals surface area contributed by atoms with E-state index in [1.54, 1.807) is 0 Å². The molecule has 106 valence electrons. The third-order valence-electron chi connectivity index (χ3n) is 3.18. The zero-order valence-corrected chi connectivity index (χ0v) is 12.2. The van der Waals surface area contributed by atoms with Crippen molar-refractivity contribution in [3.63, 3.8) is 0 Å². The number of anilines is 1. The van der Waals surface area contributed by atoms with Gasteiger partial charge in [0.15, 0.2) is 0 Å². The lowest BCUT2D eigenvalue weighted by molar-refractivity contribution is -0.123. The molecule has 5 nitrogen and oxygen atoms in total. The molecule has 1 aromatic heterocycles. The first-order valence-corrected chi connectivity index (χ1v) is 7.83. The summed E-state index contributed by atoms with van der Waals surface area (Å²) in [6, 6.07) is 0. The van der Waals surface area contributed by atoms with Gasteiger partial charge in [0, 0.05) is 6.42 Å². The van der Waals surface area contributed by atoms with Crippen molar-refractivity contribution in [1.29, 1.82) is 0 Å². The molecule has 0 radical (unpaired) electrons. The molecule has 1 fully saturated rings. The highest BCUT2D eigenvalue weighted by molar-refractivity contribution is 7.15. The number of aryl methyl sites for hydroxylation is 1. The van der Waals surface area contributed by atoms with Gasteiger partial charge in [-0.05, 0) is 19.3 Å². The van der Waals surface area contributed by atoms with Gasteiger partial charge in [0.2, 0.25) is 5.13 Å². The highest BCUT2D eigenvalue weighted by Crippen LogP contribution is 2.20. The minimum atomic E-state index is -0.134. The minimum Gasteiger partial charge on any atom is -0.368 e. The van der Waals surface area contributed by atoms with Crippen LogP contribution in [0.15, 0.2) is 0 Å². The van der Waals surface area contributed by atoms with Crippen LogP contribution >= 0.6 is 11.3 Å². The lowest BCUT2D eigenvalue weighted by Crippen LogP contribution is -2.24. The maximum absolute atomic E-state index is 11.7. The van der Waals surface area contributed by atoms with Gasteiger partial charge in [-0.3, -0.25) is 10.1 Å². The Kier molecular flexibility index (Phi) is 5.72. The van der Waals surface area contributed by atoms with E-state index in [0.29, 0.717) is 5.13 Å². The largest absolute Gasteiger partial charge is 0.368 e. The fourth-order valence-corrected chi connectivity index (χ4v) is 3.06. The van der Waals surface area contributed by atoms with E-state index in [1.165, 1.54) is 30.6 Å². The summed E-state index contributed by atoms with van der Waals surface area (Å²) in [5.74, 6) is -0.134. The minimum absolute atomic E-state index is 0.118. The molecule has 1 saturated carbocycles. The van der Waals surface area contributed by atoms with Crippen molar-refractivity contribution in [2.75, 3.05) is 11.9 Å². The average Bonchev–Trinajstić information content (AvgIpc) is 2.85. The molecule has 1 amide bonds. The number of carbonyl (C=O) groups excluding carboxylic acids is 1. The van der Waals surface area contributed by atoms with Crippen LogP contribution in [0.4, 0.5) is 5.13 Å². The average molecular weight is 283 g/mol. The van der Waals surface area contributed by atoms with Gasteiger partial charge in [0.05, 0.1) is 6.10 Å². The summed E-state index contributed by atoms with van der Waals surface area (Å²) in [6.07, 6.45) is 8.06. The van der Waals surface area contributed by atoms with Gasteiger partial charge >= 0.3 is 0 Å². The van der Waals surface area contributed by atoms with Gasteiger partial charge in [-0.15, -0.1) is 10.2 Å². The quantitative estimate of drug-likeness (QED) is 0.872. The molecular weight excluding hydrogens is 262 g/mol. The number of nitrogens with one attached hydrogen (secondary N) is 1. The molecule has 0 bridgehead atoms. The van der Waals surface area contributed by atoms with Crippen molar-refractivity contribution in [1.82, 2.24) is 10.2 Å². The lowest BCUT2D eigenvalue weighted by atomic mass is 9.98. The van der Waals surface area contributed by atoms with Crippen LogP contribution in [-0.4, -0.2) is 28.8 Å². The highest BCUT2D eigenvalue weighted by Gasteiger charge is 2.15. The molecular formula is C13H21N3O2S. The number of hydrogen-bond donors (Lipinski definition) is 1. The third kappa shape index (κ3) is 4.87. The number of amides is 1. The predicted octanol–water partition coefficient (Wildman–Crippen LogP) is 2.78. The summed E-state index contributed by atoms with van der Waals surface area (Å²) in [5.41, 5.74) is 0. The first-order chi connectivity index (χ1) is 9.28. The Morgan fingerprint density at radius 2 is 2.16 bits per heavy atom. The molecule has 1 heterocycles. The molecule has 1 aliphatic carbocycles. The molecule has 0 aliphatic heterocycles. The van der Waals surface area contributed by atoms with Crippen LogP contribution < -0.4 is 5.32 Å². The Bertz CT molecular complexity index is 402. The second-order valence-corrected chi connectivity index (χ2v) is 5.93. The summed E-state index contributed by atoms with van der Waals surface area (Å²) in [4.78, 5) is 11.7. The number of hydrogen-bond acceptors (Lipinski definition) is 5. The topological polar surface area (TPSA) is 64.1 Å². The summed E-state index contributed by atoms with van der Waals surface area (Å²) >= 11 is 1.44. The summed E-state index contributed by atoms with van der Waals surface area (Å²) in [5, 5.41) is 12.2. The molecule has 6 heteroatoms. The van der Waals surface area contributed by atoms with E-state index < -0.39 is 0 Å². The molecule has 19 heavy (non-hydrogen) atoms. The van der Waals surface area contributed by atoms with Crippen molar-refractivity contribution in [2.45, 2.75) is 58.0 Å². The molecule has 0 saturated heterocycles. The van der Waals surface area contributed by atoms with Crippen molar-refractivity contribution in [3.8, 4) is 0 Å². The Hall–Kier alpha value is -1.01. The van der Waals surface area contributed by atoms with Gasteiger partial charge in [-0.2, -0.15) is 0 Å². The van der Waals surface area contributed by atoms with Crippen molar-refractivity contribution >= 4 is 22.4 Å². The standard InChI is InChI=1S/C13H21N3O2S/c1-2-6-12-15-16-13(19-12)14-11(17)9-18-10-7-4-3-5-8-10/h10H,2-9H2,1H3,(H,14,16,17). The van der Waals surface area contributed by atoms with Crippen LogP contribution in [0.5, 0.6) is 0 Å². The van der Waals surface area contributed by atoms with Crippen LogP contribution in [0.3, 0.4) is 0 Å². The summed E-state index contributed by atoms with van der Waals surface area (Å²) in [6.45, 7) is 2.21. The van der Waals surface area contributed by atoms with Gasteiger partial charge in [0.25, 0.3) is 5.91 Å². The summed E-state index contributed by atoms with van der Waals surface area (Å²) in [7, 11) is 0. The number of aromatic nitrogens is 2. The molecule has 0 atom stereocenters. The third-order valence-corrected chi connectivity index (χ3v) is 4.08. The second-order valence-electron chi connectivity index (χ2n) is 4.87. The number of ether oxygens (including phenoxy) is 1. The smallest absolute Gasteiger partial charge is 0.252 e. The van der Waals surface area contributed by atoms with Crippen molar-refractivity contribution in [2.24, 2.45) is 0 Å². The predicted molar refractivity (Wildman–Crippen MR) is 75.4 cm³/mol.